The molecule has 2 heterocycles. The van der Waals surface area contributed by atoms with E-state index in [1.165, 1.54) is 70.2 Å². The van der Waals surface area contributed by atoms with Crippen molar-refractivity contribution >= 4 is 54.5 Å². The summed E-state index contributed by atoms with van der Waals surface area (Å²) in [7, 11) is 0. The van der Waals surface area contributed by atoms with E-state index >= 15 is 0 Å². The normalized spacial score (nSPS) is 23.9. The topological polar surface area (TPSA) is 38.9 Å². The molecule has 1 spiro atoms. The Morgan fingerprint density at radius 1 is 0.509 bits per heavy atom. The largest absolute Gasteiger partial charge is 0.456 e. The van der Waals surface area contributed by atoms with Gasteiger partial charge in [-0.3, -0.25) is 0 Å². The Balaban J connectivity index is 1.12. The van der Waals surface area contributed by atoms with Gasteiger partial charge in [0.15, 0.2) is 0 Å². The minimum absolute atomic E-state index is 0.0260. The number of fused-ring (bicyclic) bond motifs is 11. The van der Waals surface area contributed by atoms with Crippen LogP contribution in [0.2, 0.25) is 0 Å². The van der Waals surface area contributed by atoms with Gasteiger partial charge in [-0.15, -0.1) is 0 Å². The fraction of sp³-hybridized carbons (Fsp3) is 0.200. The van der Waals surface area contributed by atoms with E-state index in [4.69, 9.17) is 14.4 Å². The minimum atomic E-state index is -0.0260. The molecule has 4 saturated carbocycles. The summed E-state index contributed by atoms with van der Waals surface area (Å²) in [5.74, 6) is 3.00. The highest BCUT2D eigenvalue weighted by Gasteiger charge is 2.62. The van der Waals surface area contributed by atoms with Crippen LogP contribution in [0.1, 0.15) is 43.2 Å². The maximum atomic E-state index is 6.62. The third kappa shape index (κ3) is 3.70. The Kier molecular flexibility index (Phi) is 5.53. The monoisotopic (exact) mass is 680 g/mol. The van der Waals surface area contributed by atoms with Gasteiger partial charge in [0, 0.05) is 32.7 Å². The molecule has 252 valence electrons. The van der Waals surface area contributed by atoms with Gasteiger partial charge in [-0.05, 0) is 125 Å². The Morgan fingerprint density at radius 2 is 1.26 bits per heavy atom. The number of benzene rings is 7. The summed E-state index contributed by atoms with van der Waals surface area (Å²) in [6.45, 7) is 0. The molecule has 0 amide bonds. The lowest BCUT2D eigenvalue weighted by Gasteiger charge is -2.61. The Hall–Kier alpha value is -5.80. The van der Waals surface area contributed by atoms with Crippen LogP contribution in [0.15, 0.2) is 138 Å². The molecule has 7 aromatic carbocycles. The lowest BCUT2D eigenvalue weighted by Crippen LogP contribution is -2.55. The average Bonchev–Trinajstić information content (AvgIpc) is 3.72. The summed E-state index contributed by atoms with van der Waals surface area (Å²) in [6.07, 6.45) is 6.77. The maximum absolute atomic E-state index is 6.62. The van der Waals surface area contributed by atoms with Crippen LogP contribution in [-0.2, 0) is 5.41 Å². The van der Waals surface area contributed by atoms with Crippen molar-refractivity contribution in [2.75, 3.05) is 0 Å². The van der Waals surface area contributed by atoms with Gasteiger partial charge < -0.3 is 4.42 Å². The second-order valence-corrected chi connectivity index (χ2v) is 16.5. The van der Waals surface area contributed by atoms with E-state index in [1.807, 2.05) is 0 Å². The van der Waals surface area contributed by atoms with Crippen LogP contribution in [0.4, 0.5) is 0 Å². The van der Waals surface area contributed by atoms with Gasteiger partial charge in [0.05, 0.1) is 22.4 Å². The second-order valence-electron chi connectivity index (χ2n) is 16.5. The van der Waals surface area contributed by atoms with Crippen molar-refractivity contribution in [3.05, 3.63) is 145 Å². The Labute approximate surface area is 307 Å². The first-order valence-electron chi connectivity index (χ1n) is 19.5. The Bertz CT molecular complexity index is 3000. The van der Waals surface area contributed by atoms with Crippen LogP contribution in [0.3, 0.4) is 0 Å². The van der Waals surface area contributed by atoms with E-state index in [2.05, 4.69) is 133 Å². The number of aromatic nitrogens is 2. The molecule has 3 heteroatoms. The predicted octanol–water partition coefficient (Wildman–Crippen LogP) is 12.9. The van der Waals surface area contributed by atoms with Gasteiger partial charge in [0.2, 0.25) is 0 Å². The first-order valence-corrected chi connectivity index (χ1v) is 19.5. The summed E-state index contributed by atoms with van der Waals surface area (Å²) in [6, 6.07) is 48.8. The standard InChI is InChI=1S/C50H36N2O/c1-2-10-31(11-3-1)47-49(51-42-19-17-30-9-4-5-13-35(30)48(42)52-47)37-15-8-12-32-26-40-36-18-20-44-45(38-14-6-7-16-43(38)53-44)46(36)50(41(40)27-39(32)37)33-22-28-21-29(24-33)25-34(50)23-28/h1-20,26-29,33-34H,21-25H2. The molecule has 0 radical (unpaired) electrons. The fourth-order valence-corrected chi connectivity index (χ4v) is 12.3. The number of para-hydroxylation sites is 1. The van der Waals surface area contributed by atoms with Crippen molar-refractivity contribution in [3.63, 3.8) is 0 Å². The molecular formula is C50H36N2O. The van der Waals surface area contributed by atoms with E-state index in [1.54, 1.807) is 11.1 Å². The lowest BCUT2D eigenvalue weighted by atomic mass is 9.43. The number of furan rings is 1. The SMILES string of the molecule is c1ccc(-c2nc3c(ccc4ccccc43)nc2-c2cccc3cc4c(cc23)C2(c3c-4ccc4oc5ccccc5c34)C3CC4CC(C3)CC2C4)cc1. The molecule has 3 nitrogen and oxygen atoms in total. The smallest absolute Gasteiger partial charge is 0.135 e. The molecular weight excluding hydrogens is 645 g/mol. The molecule has 0 aliphatic heterocycles. The molecule has 14 rings (SSSR count). The van der Waals surface area contributed by atoms with Crippen molar-refractivity contribution in [1.29, 1.82) is 0 Å². The molecule has 2 aromatic heterocycles. The molecule has 5 aliphatic rings. The van der Waals surface area contributed by atoms with Crippen molar-refractivity contribution in [2.24, 2.45) is 23.7 Å². The maximum Gasteiger partial charge on any atom is 0.135 e. The minimum Gasteiger partial charge on any atom is -0.456 e. The van der Waals surface area contributed by atoms with Crippen molar-refractivity contribution < 1.29 is 4.42 Å². The summed E-state index contributed by atoms with van der Waals surface area (Å²) in [4.78, 5) is 11.0. The van der Waals surface area contributed by atoms with Gasteiger partial charge in [0.25, 0.3) is 0 Å². The van der Waals surface area contributed by atoms with Crippen LogP contribution in [0.5, 0.6) is 0 Å². The third-order valence-corrected chi connectivity index (χ3v) is 14.0. The first kappa shape index (κ1) is 28.7. The van der Waals surface area contributed by atoms with Crippen molar-refractivity contribution in [2.45, 2.75) is 37.5 Å². The van der Waals surface area contributed by atoms with Gasteiger partial charge in [0.1, 0.15) is 11.2 Å². The zero-order chi connectivity index (χ0) is 34.4. The summed E-state index contributed by atoms with van der Waals surface area (Å²) >= 11 is 0. The summed E-state index contributed by atoms with van der Waals surface area (Å²) in [5.41, 5.74) is 13.9. The predicted molar refractivity (Wildman–Crippen MR) is 216 cm³/mol. The van der Waals surface area contributed by atoms with Crippen LogP contribution in [0.25, 0.3) is 88.2 Å². The van der Waals surface area contributed by atoms with Gasteiger partial charge in [-0.1, -0.05) is 103 Å². The van der Waals surface area contributed by atoms with E-state index in [0.717, 1.165) is 61.9 Å². The molecule has 0 unspecified atom stereocenters. The van der Waals surface area contributed by atoms with Crippen LogP contribution in [0, 0.1) is 23.7 Å². The van der Waals surface area contributed by atoms with Crippen molar-refractivity contribution in [1.82, 2.24) is 9.97 Å². The molecule has 53 heavy (non-hydrogen) atoms. The molecule has 4 fully saturated rings. The van der Waals surface area contributed by atoms with Gasteiger partial charge in [-0.25, -0.2) is 9.97 Å². The number of nitrogens with zero attached hydrogens (tertiary/aromatic N) is 2. The summed E-state index contributed by atoms with van der Waals surface area (Å²) in [5, 5.41) is 7.46. The fourth-order valence-electron chi connectivity index (χ4n) is 12.3. The van der Waals surface area contributed by atoms with Crippen LogP contribution >= 0.6 is 0 Å². The number of hydrogen-bond donors (Lipinski definition) is 0. The lowest BCUT2D eigenvalue weighted by molar-refractivity contribution is -0.0393. The van der Waals surface area contributed by atoms with Gasteiger partial charge >= 0.3 is 0 Å². The van der Waals surface area contributed by atoms with Gasteiger partial charge in [-0.2, -0.15) is 0 Å². The van der Waals surface area contributed by atoms with E-state index in [9.17, 15) is 0 Å². The van der Waals surface area contributed by atoms with E-state index < -0.39 is 0 Å². The highest BCUT2D eigenvalue weighted by Crippen LogP contribution is 2.71. The Morgan fingerprint density at radius 3 is 2.11 bits per heavy atom. The highest BCUT2D eigenvalue weighted by atomic mass is 16.3. The number of rotatable bonds is 2. The summed E-state index contributed by atoms with van der Waals surface area (Å²) < 4.78 is 6.62. The molecule has 0 saturated heterocycles. The van der Waals surface area contributed by atoms with Crippen LogP contribution in [-0.4, -0.2) is 9.97 Å². The second kappa shape index (κ2) is 10.2. The van der Waals surface area contributed by atoms with E-state index in [0.29, 0.717) is 11.8 Å². The van der Waals surface area contributed by atoms with E-state index in [-0.39, 0.29) is 5.41 Å². The zero-order valence-electron chi connectivity index (χ0n) is 29.3. The average molecular weight is 681 g/mol. The molecule has 0 N–H and O–H groups in total. The first-order chi connectivity index (χ1) is 26.2. The molecule has 4 bridgehead atoms. The quantitative estimate of drug-likeness (QED) is 0.171. The van der Waals surface area contributed by atoms with Crippen molar-refractivity contribution in [3.8, 4) is 33.6 Å². The molecule has 9 aromatic rings. The number of hydrogen-bond acceptors (Lipinski definition) is 3. The highest BCUT2D eigenvalue weighted by molar-refractivity contribution is 6.13. The third-order valence-electron chi connectivity index (χ3n) is 14.0. The zero-order valence-corrected chi connectivity index (χ0v) is 29.3. The van der Waals surface area contributed by atoms with Crippen LogP contribution < -0.4 is 0 Å². The molecule has 5 aliphatic carbocycles. The molecule has 0 atom stereocenters.